The maximum Gasteiger partial charge on any atom is 0.251 e. The zero-order valence-corrected chi connectivity index (χ0v) is 19.0. The normalized spacial score (nSPS) is 14.3. The molecule has 2 N–H and O–H groups in total. The van der Waals surface area contributed by atoms with Gasteiger partial charge in [0.15, 0.2) is 0 Å². The average Bonchev–Trinajstić information content (AvgIpc) is 3.43. The fourth-order valence-electron chi connectivity index (χ4n) is 4.30. The van der Waals surface area contributed by atoms with Crippen molar-refractivity contribution in [3.63, 3.8) is 0 Å². The van der Waals surface area contributed by atoms with Crippen LogP contribution in [0.3, 0.4) is 0 Å². The number of aromatic amines is 1. The van der Waals surface area contributed by atoms with Crippen LogP contribution in [0.2, 0.25) is 0 Å². The molecule has 3 aromatic carbocycles. The van der Waals surface area contributed by atoms with Crippen LogP contribution in [0.4, 0.5) is 5.69 Å². The minimum Gasteiger partial charge on any atom is -0.342 e. The molecule has 5 rings (SSSR count). The number of benzene rings is 3. The second-order valence-corrected chi connectivity index (χ2v) is 10.2. The molecule has 1 amide bonds. The zero-order valence-electron chi connectivity index (χ0n) is 18.2. The van der Waals surface area contributed by atoms with Crippen molar-refractivity contribution in [3.8, 4) is 0 Å². The first kappa shape index (κ1) is 21.2. The first-order chi connectivity index (χ1) is 15.9. The van der Waals surface area contributed by atoms with E-state index in [1.165, 1.54) is 10.6 Å². The summed E-state index contributed by atoms with van der Waals surface area (Å²) < 4.78 is 25.4. The number of aromatic nitrogens is 2. The number of amides is 1. The zero-order chi connectivity index (χ0) is 23.0. The van der Waals surface area contributed by atoms with E-state index in [0.717, 1.165) is 22.2 Å². The molecule has 0 saturated carbocycles. The Bertz CT molecular complexity index is 1400. The van der Waals surface area contributed by atoms with Crippen LogP contribution in [0.25, 0.3) is 11.0 Å². The largest absolute Gasteiger partial charge is 0.342 e. The summed E-state index contributed by atoms with van der Waals surface area (Å²) in [5.74, 6) is 0.467. The fraction of sp³-hybridized carbons (Fsp3) is 0.200. The quantitative estimate of drug-likeness (QED) is 0.460. The minimum atomic E-state index is -3.33. The maximum atomic E-state index is 13.2. The SMILES string of the molecule is CS(=O)(=O)N1CCc2cc(C(=O)N[C@@H](Cc3ccccc3)c3nc4ccccc4[nH]3)ccc21. The number of imidazole rings is 1. The van der Waals surface area contributed by atoms with Crippen molar-refractivity contribution < 1.29 is 13.2 Å². The highest BCUT2D eigenvalue weighted by atomic mass is 32.2. The molecule has 1 atom stereocenters. The third-order valence-corrected chi connectivity index (χ3v) is 7.10. The fourth-order valence-corrected chi connectivity index (χ4v) is 5.26. The summed E-state index contributed by atoms with van der Waals surface area (Å²) in [4.78, 5) is 21.3. The molecule has 2 heterocycles. The summed E-state index contributed by atoms with van der Waals surface area (Å²) in [7, 11) is -3.33. The molecule has 1 aliphatic heterocycles. The highest BCUT2D eigenvalue weighted by Gasteiger charge is 2.27. The highest BCUT2D eigenvalue weighted by molar-refractivity contribution is 7.92. The van der Waals surface area contributed by atoms with Gasteiger partial charge in [0.1, 0.15) is 5.82 Å². The third kappa shape index (κ3) is 4.34. The number of anilines is 1. The lowest BCUT2D eigenvalue weighted by molar-refractivity contribution is 0.0935. The molecule has 0 spiro atoms. The average molecular weight is 461 g/mol. The molecule has 33 heavy (non-hydrogen) atoms. The van der Waals surface area contributed by atoms with E-state index >= 15 is 0 Å². The van der Waals surface area contributed by atoms with Crippen molar-refractivity contribution in [3.05, 3.63) is 95.3 Å². The van der Waals surface area contributed by atoms with E-state index in [4.69, 9.17) is 4.98 Å². The molecule has 0 saturated heterocycles. The predicted molar refractivity (Wildman–Crippen MR) is 129 cm³/mol. The van der Waals surface area contributed by atoms with E-state index in [2.05, 4.69) is 10.3 Å². The molecular formula is C25H24N4O3S. The summed E-state index contributed by atoms with van der Waals surface area (Å²) in [5.41, 5.74) is 4.85. The van der Waals surface area contributed by atoms with E-state index < -0.39 is 10.0 Å². The Hall–Kier alpha value is -3.65. The number of nitrogens with one attached hydrogen (secondary N) is 2. The van der Waals surface area contributed by atoms with Crippen LogP contribution in [0.1, 0.15) is 33.4 Å². The lowest BCUT2D eigenvalue weighted by Gasteiger charge is -2.18. The predicted octanol–water partition coefficient (Wildman–Crippen LogP) is 3.60. The van der Waals surface area contributed by atoms with Gasteiger partial charge >= 0.3 is 0 Å². The number of sulfonamides is 1. The number of rotatable bonds is 6. The molecule has 0 radical (unpaired) electrons. The summed E-state index contributed by atoms with van der Waals surface area (Å²) in [5, 5.41) is 3.13. The summed E-state index contributed by atoms with van der Waals surface area (Å²) in [6, 6.07) is 22.6. The molecule has 1 aliphatic rings. The molecule has 0 fully saturated rings. The summed E-state index contributed by atoms with van der Waals surface area (Å²) in [6.07, 6.45) is 2.37. The number of hydrogen-bond acceptors (Lipinski definition) is 4. The van der Waals surface area contributed by atoms with Gasteiger partial charge in [0.05, 0.1) is 29.0 Å². The van der Waals surface area contributed by atoms with Gasteiger partial charge in [-0.05, 0) is 54.3 Å². The van der Waals surface area contributed by atoms with Crippen LogP contribution in [-0.4, -0.2) is 37.1 Å². The number of carbonyl (C=O) groups is 1. The molecule has 0 bridgehead atoms. The molecule has 7 nitrogen and oxygen atoms in total. The van der Waals surface area contributed by atoms with Crippen LogP contribution in [0.5, 0.6) is 0 Å². The van der Waals surface area contributed by atoms with Gasteiger partial charge in [0.2, 0.25) is 10.0 Å². The van der Waals surface area contributed by atoms with Crippen molar-refractivity contribution in [2.45, 2.75) is 18.9 Å². The van der Waals surface area contributed by atoms with Crippen LogP contribution >= 0.6 is 0 Å². The third-order valence-electron chi connectivity index (χ3n) is 5.92. The van der Waals surface area contributed by atoms with Gasteiger partial charge in [-0.15, -0.1) is 0 Å². The second-order valence-electron chi connectivity index (χ2n) is 8.28. The lowest BCUT2D eigenvalue weighted by atomic mass is 10.0. The van der Waals surface area contributed by atoms with Gasteiger partial charge in [-0.2, -0.15) is 0 Å². The number of H-pyrrole nitrogens is 1. The molecule has 168 valence electrons. The van der Waals surface area contributed by atoms with E-state index in [1.807, 2.05) is 54.6 Å². The Kier molecular flexibility index (Phi) is 5.38. The first-order valence-electron chi connectivity index (χ1n) is 10.8. The van der Waals surface area contributed by atoms with Crippen molar-refractivity contribution in [2.24, 2.45) is 0 Å². The van der Waals surface area contributed by atoms with Crippen molar-refractivity contribution in [1.29, 1.82) is 0 Å². The van der Waals surface area contributed by atoms with Gasteiger partial charge in [-0.1, -0.05) is 42.5 Å². The number of para-hydroxylation sites is 2. The summed E-state index contributed by atoms with van der Waals surface area (Å²) in [6.45, 7) is 0.398. The van der Waals surface area contributed by atoms with E-state index in [9.17, 15) is 13.2 Å². The topological polar surface area (TPSA) is 95.2 Å². The monoisotopic (exact) mass is 460 g/mol. The van der Waals surface area contributed by atoms with Crippen molar-refractivity contribution in [2.75, 3.05) is 17.1 Å². The number of fused-ring (bicyclic) bond motifs is 2. The molecule has 4 aromatic rings. The van der Waals surface area contributed by atoms with Crippen molar-refractivity contribution in [1.82, 2.24) is 15.3 Å². The van der Waals surface area contributed by atoms with Crippen LogP contribution in [0.15, 0.2) is 72.8 Å². The molecule has 1 aromatic heterocycles. The molecule has 8 heteroatoms. The number of nitrogens with zero attached hydrogens (tertiary/aromatic N) is 2. The maximum absolute atomic E-state index is 13.2. The van der Waals surface area contributed by atoms with Crippen molar-refractivity contribution >= 4 is 32.7 Å². The molecular weight excluding hydrogens is 436 g/mol. The Balaban J connectivity index is 1.44. The Morgan fingerprint density at radius 3 is 2.61 bits per heavy atom. The van der Waals surface area contributed by atoms with E-state index in [1.54, 1.807) is 18.2 Å². The first-order valence-corrected chi connectivity index (χ1v) is 12.6. The summed E-state index contributed by atoms with van der Waals surface area (Å²) >= 11 is 0. The number of carbonyl (C=O) groups excluding carboxylic acids is 1. The second kappa shape index (κ2) is 8.37. The van der Waals surface area contributed by atoms with Gasteiger partial charge in [-0.3, -0.25) is 9.10 Å². The van der Waals surface area contributed by atoms with Gasteiger partial charge in [-0.25, -0.2) is 13.4 Å². The van der Waals surface area contributed by atoms with Crippen LogP contribution in [-0.2, 0) is 22.9 Å². The standard InChI is InChI=1S/C25H24N4O3S/c1-33(31,32)29-14-13-18-16-19(11-12-23(18)29)25(30)28-22(15-17-7-3-2-4-8-17)24-26-20-9-5-6-10-21(20)27-24/h2-12,16,22H,13-15H2,1H3,(H,26,27)(H,28,30)/t22-/m0/s1. The Morgan fingerprint density at radius 2 is 1.85 bits per heavy atom. The van der Waals surface area contributed by atoms with E-state index in [0.29, 0.717) is 36.5 Å². The molecule has 0 unspecified atom stereocenters. The Labute approximate surface area is 192 Å². The lowest BCUT2D eigenvalue weighted by Crippen LogP contribution is -2.31. The van der Waals surface area contributed by atoms with Gasteiger partial charge in [0.25, 0.3) is 5.91 Å². The van der Waals surface area contributed by atoms with Gasteiger partial charge < -0.3 is 10.3 Å². The smallest absolute Gasteiger partial charge is 0.251 e. The van der Waals surface area contributed by atoms with Crippen LogP contribution < -0.4 is 9.62 Å². The number of hydrogen-bond donors (Lipinski definition) is 2. The highest BCUT2D eigenvalue weighted by Crippen LogP contribution is 2.31. The molecule has 0 aliphatic carbocycles. The van der Waals surface area contributed by atoms with E-state index in [-0.39, 0.29) is 11.9 Å². The minimum absolute atomic E-state index is 0.225. The Morgan fingerprint density at radius 1 is 1.09 bits per heavy atom. The van der Waals surface area contributed by atoms with Gasteiger partial charge in [0, 0.05) is 12.1 Å². The van der Waals surface area contributed by atoms with Crippen LogP contribution in [0, 0.1) is 0 Å².